The van der Waals surface area contributed by atoms with Crippen LogP contribution in [0.2, 0.25) is 0 Å². The molecule has 1 aliphatic carbocycles. The van der Waals surface area contributed by atoms with Gasteiger partial charge in [-0.05, 0) is 53.4 Å². The Morgan fingerprint density at radius 1 is 1.19 bits per heavy atom. The van der Waals surface area contributed by atoms with E-state index in [1.165, 1.54) is 12.8 Å². The van der Waals surface area contributed by atoms with E-state index in [0.29, 0.717) is 17.7 Å². The molecule has 7 nitrogen and oxygen atoms in total. The summed E-state index contributed by atoms with van der Waals surface area (Å²) in [5.41, 5.74) is 3.06. The van der Waals surface area contributed by atoms with E-state index in [2.05, 4.69) is 46.7 Å². The SMILES string of the molecule is COc1cc(C)cc(Nc2ncc(Br)c(Nc3cc(C4CC4)n[nH]3)n2)c1. The second-order valence-electron chi connectivity index (χ2n) is 6.36. The number of rotatable bonds is 6. The second kappa shape index (κ2) is 6.95. The molecule has 0 aliphatic heterocycles. The van der Waals surface area contributed by atoms with E-state index in [0.717, 1.165) is 33.0 Å². The van der Waals surface area contributed by atoms with E-state index in [1.807, 2.05) is 31.2 Å². The molecule has 1 aromatic carbocycles. The van der Waals surface area contributed by atoms with E-state index in [9.17, 15) is 0 Å². The Balaban J connectivity index is 1.54. The number of H-pyrrole nitrogens is 1. The molecule has 1 aliphatic rings. The first-order chi connectivity index (χ1) is 12.6. The maximum Gasteiger partial charge on any atom is 0.229 e. The molecule has 0 spiro atoms. The topological polar surface area (TPSA) is 87.8 Å². The molecule has 4 rings (SSSR count). The molecule has 2 aromatic heterocycles. The highest BCUT2D eigenvalue weighted by atomic mass is 79.9. The van der Waals surface area contributed by atoms with Gasteiger partial charge >= 0.3 is 0 Å². The molecule has 2 heterocycles. The Hall–Kier alpha value is -2.61. The number of aromatic amines is 1. The van der Waals surface area contributed by atoms with Crippen molar-refractivity contribution in [2.24, 2.45) is 0 Å². The zero-order chi connectivity index (χ0) is 18.1. The number of nitrogens with one attached hydrogen (secondary N) is 3. The van der Waals surface area contributed by atoms with E-state index < -0.39 is 0 Å². The number of anilines is 4. The molecular weight excluding hydrogens is 396 g/mol. The summed E-state index contributed by atoms with van der Waals surface area (Å²) < 4.78 is 6.08. The van der Waals surface area contributed by atoms with Gasteiger partial charge in [-0.25, -0.2) is 4.98 Å². The smallest absolute Gasteiger partial charge is 0.229 e. The van der Waals surface area contributed by atoms with Crippen LogP contribution >= 0.6 is 15.9 Å². The van der Waals surface area contributed by atoms with Crippen LogP contribution in [0.5, 0.6) is 5.75 Å². The summed E-state index contributed by atoms with van der Waals surface area (Å²) in [6.07, 6.45) is 4.15. The number of aryl methyl sites for hydroxylation is 1. The van der Waals surface area contributed by atoms with Gasteiger partial charge in [0.15, 0.2) is 5.82 Å². The van der Waals surface area contributed by atoms with Crippen molar-refractivity contribution in [2.75, 3.05) is 17.7 Å². The predicted molar refractivity (Wildman–Crippen MR) is 105 cm³/mol. The Kier molecular flexibility index (Phi) is 4.50. The van der Waals surface area contributed by atoms with Gasteiger partial charge in [0.05, 0.1) is 17.3 Å². The number of hydrogen-bond donors (Lipinski definition) is 3. The minimum absolute atomic E-state index is 0.491. The highest BCUT2D eigenvalue weighted by Gasteiger charge is 2.26. The highest BCUT2D eigenvalue weighted by molar-refractivity contribution is 9.10. The number of ether oxygens (including phenoxy) is 1. The lowest BCUT2D eigenvalue weighted by Crippen LogP contribution is -2.02. The minimum Gasteiger partial charge on any atom is -0.497 e. The molecule has 1 fully saturated rings. The molecule has 3 aromatic rings. The van der Waals surface area contributed by atoms with Crippen molar-refractivity contribution < 1.29 is 4.74 Å². The number of nitrogens with zero attached hydrogens (tertiary/aromatic N) is 3. The van der Waals surface area contributed by atoms with Crippen molar-refractivity contribution in [1.29, 1.82) is 0 Å². The lowest BCUT2D eigenvalue weighted by atomic mass is 10.2. The molecule has 0 saturated heterocycles. The monoisotopic (exact) mass is 414 g/mol. The summed E-state index contributed by atoms with van der Waals surface area (Å²) in [6, 6.07) is 7.92. The maximum absolute atomic E-state index is 5.31. The third-order valence-electron chi connectivity index (χ3n) is 4.13. The van der Waals surface area contributed by atoms with Crippen molar-refractivity contribution in [2.45, 2.75) is 25.7 Å². The van der Waals surface area contributed by atoms with Crippen LogP contribution in [-0.2, 0) is 0 Å². The van der Waals surface area contributed by atoms with Crippen LogP contribution in [0.15, 0.2) is 34.9 Å². The number of aromatic nitrogens is 4. The molecule has 8 heteroatoms. The van der Waals surface area contributed by atoms with Gasteiger partial charge in [-0.1, -0.05) is 0 Å². The van der Waals surface area contributed by atoms with Crippen LogP contribution in [0.3, 0.4) is 0 Å². The standard InChI is InChI=1S/C18H19BrN6O/c1-10-5-12(7-13(6-10)26-2)21-18-20-9-14(19)17(23-18)22-16-8-15(24-25-16)11-3-4-11/h5-9,11H,3-4H2,1-2H3,(H3,20,21,22,23,24,25). The zero-order valence-electron chi connectivity index (χ0n) is 14.5. The minimum atomic E-state index is 0.491. The van der Waals surface area contributed by atoms with Crippen LogP contribution < -0.4 is 15.4 Å². The van der Waals surface area contributed by atoms with Crippen molar-refractivity contribution in [3.05, 3.63) is 46.2 Å². The predicted octanol–water partition coefficient (Wildman–Crippen LogP) is 4.64. The first-order valence-electron chi connectivity index (χ1n) is 8.38. The molecule has 26 heavy (non-hydrogen) atoms. The van der Waals surface area contributed by atoms with Crippen molar-refractivity contribution in [3.63, 3.8) is 0 Å². The van der Waals surface area contributed by atoms with Gasteiger partial charge in [0.25, 0.3) is 0 Å². The Labute approximate surface area is 159 Å². The average molecular weight is 415 g/mol. The highest BCUT2D eigenvalue weighted by Crippen LogP contribution is 2.39. The van der Waals surface area contributed by atoms with Gasteiger partial charge in [-0.15, -0.1) is 0 Å². The van der Waals surface area contributed by atoms with E-state index >= 15 is 0 Å². The number of benzene rings is 1. The maximum atomic E-state index is 5.31. The Morgan fingerprint density at radius 2 is 2.04 bits per heavy atom. The summed E-state index contributed by atoms with van der Waals surface area (Å²) >= 11 is 3.49. The van der Waals surface area contributed by atoms with Gasteiger partial charge in [-0.2, -0.15) is 10.1 Å². The van der Waals surface area contributed by atoms with Crippen molar-refractivity contribution in [3.8, 4) is 5.75 Å². The van der Waals surface area contributed by atoms with Crippen LogP contribution in [0.4, 0.5) is 23.3 Å². The molecule has 0 bridgehead atoms. The van der Waals surface area contributed by atoms with Crippen molar-refractivity contribution in [1.82, 2.24) is 20.2 Å². The first kappa shape index (κ1) is 16.8. The van der Waals surface area contributed by atoms with Crippen LogP contribution in [-0.4, -0.2) is 27.3 Å². The molecule has 0 unspecified atom stereocenters. The number of methoxy groups -OCH3 is 1. The summed E-state index contributed by atoms with van der Waals surface area (Å²) in [7, 11) is 1.65. The van der Waals surface area contributed by atoms with Crippen LogP contribution in [0, 0.1) is 6.92 Å². The van der Waals surface area contributed by atoms with E-state index in [-0.39, 0.29) is 0 Å². The Morgan fingerprint density at radius 3 is 2.81 bits per heavy atom. The lowest BCUT2D eigenvalue weighted by molar-refractivity contribution is 0.414. The molecule has 0 radical (unpaired) electrons. The number of halogens is 1. The van der Waals surface area contributed by atoms with Gasteiger partial charge in [0.2, 0.25) is 5.95 Å². The first-order valence-corrected chi connectivity index (χ1v) is 9.17. The van der Waals surface area contributed by atoms with Gasteiger partial charge in [0.1, 0.15) is 11.6 Å². The second-order valence-corrected chi connectivity index (χ2v) is 7.21. The fraction of sp³-hybridized carbons (Fsp3) is 0.278. The zero-order valence-corrected chi connectivity index (χ0v) is 16.1. The summed E-state index contributed by atoms with van der Waals surface area (Å²) in [5.74, 6) is 3.35. The van der Waals surface area contributed by atoms with E-state index in [4.69, 9.17) is 4.74 Å². The molecule has 0 atom stereocenters. The fourth-order valence-corrected chi connectivity index (χ4v) is 2.99. The summed E-state index contributed by atoms with van der Waals surface area (Å²) in [6.45, 7) is 2.01. The largest absolute Gasteiger partial charge is 0.497 e. The third-order valence-corrected chi connectivity index (χ3v) is 4.71. The quantitative estimate of drug-likeness (QED) is 0.544. The molecule has 1 saturated carbocycles. The normalized spacial score (nSPS) is 13.5. The van der Waals surface area contributed by atoms with Crippen LogP contribution in [0.1, 0.15) is 30.0 Å². The molecule has 0 amide bonds. The van der Waals surface area contributed by atoms with Gasteiger partial charge < -0.3 is 15.4 Å². The third kappa shape index (κ3) is 3.80. The summed E-state index contributed by atoms with van der Waals surface area (Å²) in [4.78, 5) is 8.88. The summed E-state index contributed by atoms with van der Waals surface area (Å²) in [5, 5.41) is 13.8. The van der Waals surface area contributed by atoms with E-state index in [1.54, 1.807) is 13.3 Å². The average Bonchev–Trinajstić information content (AvgIpc) is 3.37. The van der Waals surface area contributed by atoms with Gasteiger partial charge in [-0.3, -0.25) is 5.10 Å². The van der Waals surface area contributed by atoms with Crippen LogP contribution in [0.25, 0.3) is 0 Å². The molecule has 134 valence electrons. The van der Waals surface area contributed by atoms with Crippen molar-refractivity contribution >= 4 is 39.2 Å². The fourth-order valence-electron chi connectivity index (χ4n) is 2.70. The Bertz CT molecular complexity index is 937. The lowest BCUT2D eigenvalue weighted by Gasteiger charge is -2.10. The molecular formula is C18H19BrN6O. The number of hydrogen-bond acceptors (Lipinski definition) is 6. The molecule has 3 N–H and O–H groups in total. The van der Waals surface area contributed by atoms with Gasteiger partial charge in [0, 0.05) is 29.9 Å².